The van der Waals surface area contributed by atoms with E-state index < -0.39 is 0 Å². The highest BCUT2D eigenvalue weighted by Crippen LogP contribution is 2.26. The van der Waals surface area contributed by atoms with Crippen LogP contribution in [0.1, 0.15) is 58.8 Å². The van der Waals surface area contributed by atoms with Gasteiger partial charge in [0.05, 0.1) is 0 Å². The summed E-state index contributed by atoms with van der Waals surface area (Å²) in [6.07, 6.45) is 8.51. The molecule has 0 heterocycles. The molecule has 0 radical (unpaired) electrons. The highest BCUT2D eigenvalue weighted by Gasteiger charge is 2.21. The van der Waals surface area contributed by atoms with Gasteiger partial charge in [0.2, 0.25) is 5.91 Å². The third kappa shape index (κ3) is 5.07. The fourth-order valence-electron chi connectivity index (χ4n) is 2.74. The summed E-state index contributed by atoms with van der Waals surface area (Å²) in [6.45, 7) is 5.40. The third-order valence-corrected chi connectivity index (χ3v) is 3.75. The van der Waals surface area contributed by atoms with Crippen LogP contribution in [0.2, 0.25) is 0 Å². The quantitative estimate of drug-likeness (QED) is 0.751. The molecule has 1 amide bonds. The second-order valence-corrected chi connectivity index (χ2v) is 5.53. The van der Waals surface area contributed by atoms with Crippen LogP contribution in [0.4, 0.5) is 0 Å². The van der Waals surface area contributed by atoms with Gasteiger partial charge in [0.1, 0.15) is 0 Å². The summed E-state index contributed by atoms with van der Waals surface area (Å²) >= 11 is 0. The number of carbonyl (C=O) groups excluding carboxylic acids is 1. The van der Waals surface area contributed by atoms with Gasteiger partial charge in [-0.05, 0) is 32.6 Å². The van der Waals surface area contributed by atoms with E-state index in [1.165, 1.54) is 38.5 Å². The largest absolute Gasteiger partial charge is 0.339 e. The number of hydrogen-bond acceptors (Lipinski definition) is 2. The minimum absolute atomic E-state index is 0.275. The number of nitrogens with zero attached hydrogens (tertiary/aromatic N) is 1. The summed E-state index contributed by atoms with van der Waals surface area (Å²) in [4.78, 5) is 14.2. The van der Waals surface area contributed by atoms with Crippen LogP contribution < -0.4 is 5.73 Å². The van der Waals surface area contributed by atoms with Crippen molar-refractivity contribution in [3.63, 3.8) is 0 Å². The molecule has 3 nitrogen and oxygen atoms in total. The van der Waals surface area contributed by atoms with Crippen LogP contribution in [0.15, 0.2) is 0 Å². The van der Waals surface area contributed by atoms with E-state index in [4.69, 9.17) is 5.73 Å². The van der Waals surface area contributed by atoms with Crippen LogP contribution in [0, 0.1) is 5.92 Å². The molecule has 0 bridgehead atoms. The molecule has 1 aliphatic rings. The number of nitrogens with two attached hydrogens (primary N) is 1. The second kappa shape index (κ2) is 7.70. The van der Waals surface area contributed by atoms with Crippen LogP contribution >= 0.6 is 0 Å². The zero-order chi connectivity index (χ0) is 12.7. The molecular formula is C14H28N2O. The maximum atomic E-state index is 12.2. The Labute approximate surface area is 106 Å². The van der Waals surface area contributed by atoms with Crippen LogP contribution in [0.3, 0.4) is 0 Å². The highest BCUT2D eigenvalue weighted by molar-refractivity contribution is 5.76. The average molecular weight is 240 g/mol. The molecule has 1 aliphatic carbocycles. The van der Waals surface area contributed by atoms with Gasteiger partial charge >= 0.3 is 0 Å². The van der Waals surface area contributed by atoms with Crippen molar-refractivity contribution in [2.75, 3.05) is 13.1 Å². The molecular weight excluding hydrogens is 212 g/mol. The molecule has 17 heavy (non-hydrogen) atoms. The van der Waals surface area contributed by atoms with E-state index in [2.05, 4.69) is 13.8 Å². The van der Waals surface area contributed by atoms with E-state index in [1.807, 2.05) is 4.90 Å². The van der Waals surface area contributed by atoms with E-state index in [1.54, 1.807) is 0 Å². The minimum Gasteiger partial charge on any atom is -0.339 e. The first-order valence-electron chi connectivity index (χ1n) is 7.14. The van der Waals surface area contributed by atoms with Crippen LogP contribution in [-0.2, 0) is 4.79 Å². The number of amides is 1. The van der Waals surface area contributed by atoms with Crippen LogP contribution in [-0.4, -0.2) is 29.9 Å². The lowest BCUT2D eigenvalue weighted by Crippen LogP contribution is -2.41. The summed E-state index contributed by atoms with van der Waals surface area (Å²) in [5.74, 6) is 0.918. The number of hydrogen-bond donors (Lipinski definition) is 1. The Morgan fingerprint density at radius 3 is 2.29 bits per heavy atom. The lowest BCUT2D eigenvalue weighted by Gasteiger charge is -2.28. The van der Waals surface area contributed by atoms with Gasteiger partial charge in [0, 0.05) is 25.6 Å². The lowest BCUT2D eigenvalue weighted by molar-refractivity contribution is -0.133. The Kier molecular flexibility index (Phi) is 6.56. The Bertz CT molecular complexity index is 220. The van der Waals surface area contributed by atoms with E-state index in [-0.39, 0.29) is 6.04 Å². The molecule has 0 aromatic rings. The number of rotatable bonds is 5. The fraction of sp³-hybridized carbons (Fsp3) is 0.929. The van der Waals surface area contributed by atoms with E-state index in [9.17, 15) is 4.79 Å². The summed E-state index contributed by atoms with van der Waals surface area (Å²) < 4.78 is 0. The Morgan fingerprint density at radius 2 is 1.82 bits per heavy atom. The van der Waals surface area contributed by atoms with Gasteiger partial charge in [-0.3, -0.25) is 4.79 Å². The van der Waals surface area contributed by atoms with Crippen LogP contribution in [0.25, 0.3) is 0 Å². The molecule has 1 rings (SSSR count). The van der Waals surface area contributed by atoms with Crippen molar-refractivity contribution < 1.29 is 4.79 Å². The van der Waals surface area contributed by atoms with E-state index >= 15 is 0 Å². The topological polar surface area (TPSA) is 46.3 Å². The predicted molar refractivity (Wildman–Crippen MR) is 71.7 cm³/mol. The molecule has 3 heteroatoms. The van der Waals surface area contributed by atoms with Gasteiger partial charge in [-0.25, -0.2) is 0 Å². The van der Waals surface area contributed by atoms with Crippen molar-refractivity contribution in [2.24, 2.45) is 11.7 Å². The Morgan fingerprint density at radius 1 is 1.24 bits per heavy atom. The molecule has 1 saturated carbocycles. The maximum Gasteiger partial charge on any atom is 0.223 e. The first-order chi connectivity index (χ1) is 8.15. The van der Waals surface area contributed by atoms with Crippen molar-refractivity contribution in [1.82, 2.24) is 4.90 Å². The first kappa shape index (κ1) is 14.5. The van der Waals surface area contributed by atoms with Gasteiger partial charge in [0.25, 0.3) is 0 Å². The maximum absolute atomic E-state index is 12.2. The standard InChI is InChI=1S/C14H28N2O/c1-12(2)16(10-9-15)14(17)11-13-7-5-3-4-6-8-13/h12-13H,3-11,15H2,1-2H3. The average Bonchev–Trinajstić information content (AvgIpc) is 2.53. The molecule has 2 N–H and O–H groups in total. The smallest absolute Gasteiger partial charge is 0.223 e. The van der Waals surface area contributed by atoms with Gasteiger partial charge < -0.3 is 10.6 Å². The molecule has 0 saturated heterocycles. The molecule has 0 aliphatic heterocycles. The normalized spacial score (nSPS) is 18.1. The van der Waals surface area contributed by atoms with Gasteiger partial charge in [-0.15, -0.1) is 0 Å². The van der Waals surface area contributed by atoms with E-state index in [0.717, 1.165) is 6.42 Å². The SMILES string of the molecule is CC(C)N(CCN)C(=O)CC1CCCCCC1. The number of carbonyl (C=O) groups is 1. The molecule has 0 unspecified atom stereocenters. The Balaban J connectivity index is 2.44. The van der Waals surface area contributed by atoms with Gasteiger partial charge in [0.15, 0.2) is 0 Å². The Hall–Kier alpha value is -0.570. The fourth-order valence-corrected chi connectivity index (χ4v) is 2.74. The van der Waals surface area contributed by atoms with Gasteiger partial charge in [-0.2, -0.15) is 0 Å². The minimum atomic E-state index is 0.275. The van der Waals surface area contributed by atoms with Gasteiger partial charge in [-0.1, -0.05) is 25.7 Å². The zero-order valence-corrected chi connectivity index (χ0v) is 11.5. The van der Waals surface area contributed by atoms with E-state index in [0.29, 0.717) is 24.9 Å². The van der Waals surface area contributed by atoms with Crippen molar-refractivity contribution in [2.45, 2.75) is 64.8 Å². The molecule has 100 valence electrons. The second-order valence-electron chi connectivity index (χ2n) is 5.53. The monoisotopic (exact) mass is 240 g/mol. The molecule has 0 spiro atoms. The summed E-state index contributed by atoms with van der Waals surface area (Å²) in [6, 6.07) is 0.275. The zero-order valence-electron chi connectivity index (χ0n) is 11.5. The van der Waals surface area contributed by atoms with Crippen molar-refractivity contribution in [3.05, 3.63) is 0 Å². The molecule has 0 atom stereocenters. The van der Waals surface area contributed by atoms with Crippen LogP contribution in [0.5, 0.6) is 0 Å². The van der Waals surface area contributed by atoms with Crippen molar-refractivity contribution in [1.29, 1.82) is 0 Å². The molecule has 1 fully saturated rings. The van der Waals surface area contributed by atoms with Crippen molar-refractivity contribution >= 4 is 5.91 Å². The molecule has 0 aromatic heterocycles. The third-order valence-electron chi connectivity index (χ3n) is 3.75. The summed E-state index contributed by atoms with van der Waals surface area (Å²) in [7, 11) is 0. The highest BCUT2D eigenvalue weighted by atomic mass is 16.2. The first-order valence-corrected chi connectivity index (χ1v) is 7.14. The summed E-state index contributed by atoms with van der Waals surface area (Å²) in [5.41, 5.74) is 5.57. The molecule has 0 aromatic carbocycles. The van der Waals surface area contributed by atoms with Crippen molar-refractivity contribution in [3.8, 4) is 0 Å². The predicted octanol–water partition coefficient (Wildman–Crippen LogP) is 2.54. The lowest BCUT2D eigenvalue weighted by atomic mass is 9.96. The summed E-state index contributed by atoms with van der Waals surface area (Å²) in [5, 5.41) is 0.